The van der Waals surface area contributed by atoms with Crippen molar-refractivity contribution in [2.45, 2.75) is 6.04 Å². The summed E-state index contributed by atoms with van der Waals surface area (Å²) in [7, 11) is 2.11. The number of fused-ring (bicyclic) bond motifs is 3. The fourth-order valence-corrected chi connectivity index (χ4v) is 5.96. The number of likely N-dealkylation sites (N-methyl/N-ethyl adjacent to an activating group) is 1. The van der Waals surface area contributed by atoms with Crippen molar-refractivity contribution in [1.82, 2.24) is 15.2 Å². The molecule has 3 aromatic carbocycles. The molecule has 7 nitrogen and oxygen atoms in total. The number of hydrogen-bond donors (Lipinski definition) is 3. The normalized spacial score (nSPS) is 15.2. The molecule has 1 amide bonds. The maximum atomic E-state index is 13.5. The third-order valence-corrected chi connectivity index (χ3v) is 7.65. The van der Waals surface area contributed by atoms with E-state index >= 15 is 0 Å². The molecule has 0 spiro atoms. The Morgan fingerprint density at radius 1 is 0.972 bits per heavy atom. The molecule has 3 N–H and O–H groups in total. The largest absolute Gasteiger partial charge is 0.483 e. The molecule has 4 aromatic rings. The highest BCUT2D eigenvalue weighted by Gasteiger charge is 2.30. The summed E-state index contributed by atoms with van der Waals surface area (Å²) >= 11 is 14.0. The van der Waals surface area contributed by atoms with E-state index in [-0.39, 0.29) is 12.4 Å². The molecule has 1 saturated heterocycles. The highest BCUT2D eigenvalue weighted by Crippen LogP contribution is 2.36. The Morgan fingerprint density at radius 3 is 2.31 bits per heavy atom. The van der Waals surface area contributed by atoms with Crippen LogP contribution in [0.25, 0.3) is 20.2 Å². The summed E-state index contributed by atoms with van der Waals surface area (Å²) in [5.74, 6) is -0.116. The number of piperazine rings is 1. The van der Waals surface area contributed by atoms with Crippen LogP contribution in [0.5, 0.6) is 0 Å². The number of halogens is 2. The lowest BCUT2D eigenvalue weighted by Crippen LogP contribution is -2.50. The standard InChI is InChI=1S/C25H24Cl2N4OS.CH2O2/c1-30-8-10-31(11-9-30)24(25(32)29-28-19-14-17(26)13-18(27)15-19)16-6-7-23-21(12-16)20-4-2-3-5-22(20)33-23;2-1-3/h2-7,12-15,24,28H,8-11H2,1H3,(H,29,32);1H,(H,2,3). The van der Waals surface area contributed by atoms with Crippen molar-refractivity contribution in [2.75, 3.05) is 38.7 Å². The van der Waals surface area contributed by atoms with Gasteiger partial charge in [0.2, 0.25) is 0 Å². The fourth-order valence-electron chi connectivity index (χ4n) is 4.35. The second-order valence-electron chi connectivity index (χ2n) is 8.47. The number of nitrogens with one attached hydrogen (secondary N) is 2. The van der Waals surface area contributed by atoms with Crippen LogP contribution in [-0.4, -0.2) is 60.5 Å². The summed E-state index contributed by atoms with van der Waals surface area (Å²) in [5.41, 5.74) is 7.48. The molecule has 1 fully saturated rings. The highest BCUT2D eigenvalue weighted by molar-refractivity contribution is 7.25. The fraction of sp³-hybridized carbons (Fsp3) is 0.231. The molecule has 0 aliphatic carbocycles. The monoisotopic (exact) mass is 544 g/mol. The smallest absolute Gasteiger partial charge is 0.290 e. The van der Waals surface area contributed by atoms with E-state index in [4.69, 9.17) is 33.1 Å². The van der Waals surface area contributed by atoms with Gasteiger partial charge in [-0.05, 0) is 49.0 Å². The number of hydrogen-bond acceptors (Lipinski definition) is 6. The summed E-state index contributed by atoms with van der Waals surface area (Å²) in [4.78, 5) is 26.4. The molecule has 0 saturated carbocycles. The van der Waals surface area contributed by atoms with Crippen LogP contribution in [-0.2, 0) is 9.59 Å². The minimum absolute atomic E-state index is 0.116. The topological polar surface area (TPSA) is 84.9 Å². The van der Waals surface area contributed by atoms with E-state index in [0.717, 1.165) is 31.7 Å². The van der Waals surface area contributed by atoms with Crippen LogP contribution in [0.3, 0.4) is 0 Å². The minimum Gasteiger partial charge on any atom is -0.483 e. The van der Waals surface area contributed by atoms with Crippen molar-refractivity contribution in [3.05, 3.63) is 76.3 Å². The number of anilines is 1. The summed E-state index contributed by atoms with van der Waals surface area (Å²) < 4.78 is 2.48. The summed E-state index contributed by atoms with van der Waals surface area (Å²) in [5, 5.41) is 10.3. The van der Waals surface area contributed by atoms with Crippen molar-refractivity contribution in [3.63, 3.8) is 0 Å². The Kier molecular flexibility index (Phi) is 8.66. The average molecular weight is 545 g/mol. The first-order valence-corrected chi connectivity index (χ1v) is 12.9. The Bertz CT molecular complexity index is 1350. The Labute approximate surface area is 223 Å². The van der Waals surface area contributed by atoms with E-state index in [9.17, 15) is 4.79 Å². The van der Waals surface area contributed by atoms with Crippen molar-refractivity contribution in [2.24, 2.45) is 0 Å². The molecule has 0 radical (unpaired) electrons. The van der Waals surface area contributed by atoms with Gasteiger partial charge in [0.25, 0.3) is 12.4 Å². The second kappa shape index (κ2) is 11.9. The van der Waals surface area contributed by atoms with Crippen LogP contribution in [0.2, 0.25) is 10.0 Å². The van der Waals surface area contributed by atoms with Gasteiger partial charge in [-0.25, -0.2) is 0 Å². The summed E-state index contributed by atoms with van der Waals surface area (Å²) in [6.45, 7) is 3.23. The lowest BCUT2D eigenvalue weighted by atomic mass is 10.0. The molecule has 1 unspecified atom stereocenters. The van der Waals surface area contributed by atoms with Gasteiger partial charge in [-0.2, -0.15) is 0 Å². The van der Waals surface area contributed by atoms with E-state index in [1.54, 1.807) is 29.5 Å². The molecular weight excluding hydrogens is 519 g/mol. The predicted molar refractivity (Wildman–Crippen MR) is 148 cm³/mol. The maximum absolute atomic E-state index is 13.5. The van der Waals surface area contributed by atoms with Crippen molar-refractivity contribution >= 4 is 72.8 Å². The Balaban J connectivity index is 0.000000967. The Hall–Kier alpha value is -2.88. The minimum atomic E-state index is -0.413. The lowest BCUT2D eigenvalue weighted by molar-refractivity contribution is -0.127. The van der Waals surface area contributed by atoms with Crippen molar-refractivity contribution < 1.29 is 14.7 Å². The van der Waals surface area contributed by atoms with E-state index in [1.165, 1.54) is 20.2 Å². The average Bonchev–Trinajstić information content (AvgIpc) is 3.22. The van der Waals surface area contributed by atoms with Gasteiger partial charge >= 0.3 is 0 Å². The van der Waals surface area contributed by atoms with Gasteiger partial charge < -0.3 is 10.0 Å². The molecule has 36 heavy (non-hydrogen) atoms. The van der Waals surface area contributed by atoms with Crippen LogP contribution >= 0.6 is 34.5 Å². The number of rotatable bonds is 5. The Morgan fingerprint density at radius 2 is 1.61 bits per heavy atom. The van der Waals surface area contributed by atoms with Crippen molar-refractivity contribution in [3.8, 4) is 0 Å². The van der Waals surface area contributed by atoms with E-state index in [2.05, 4.69) is 70.2 Å². The second-order valence-corrected chi connectivity index (χ2v) is 10.4. The molecule has 1 aliphatic rings. The quantitative estimate of drug-likeness (QED) is 0.227. The third kappa shape index (κ3) is 6.08. The van der Waals surface area contributed by atoms with Gasteiger partial charge in [-0.15, -0.1) is 11.3 Å². The predicted octanol–water partition coefficient (Wildman–Crippen LogP) is 5.49. The van der Waals surface area contributed by atoms with Gasteiger partial charge in [-0.3, -0.25) is 25.3 Å². The van der Waals surface area contributed by atoms with Crippen molar-refractivity contribution in [1.29, 1.82) is 0 Å². The van der Waals surface area contributed by atoms with E-state index in [1.807, 2.05) is 0 Å². The van der Waals surface area contributed by atoms with Crippen LogP contribution in [0.4, 0.5) is 5.69 Å². The lowest BCUT2D eigenvalue weighted by Gasteiger charge is -2.37. The van der Waals surface area contributed by atoms with Gasteiger partial charge in [0.15, 0.2) is 0 Å². The molecule has 10 heteroatoms. The van der Waals surface area contributed by atoms with Gasteiger partial charge in [0.1, 0.15) is 6.04 Å². The number of carbonyl (C=O) groups is 2. The highest BCUT2D eigenvalue weighted by atomic mass is 35.5. The summed E-state index contributed by atoms with van der Waals surface area (Å²) in [6, 6.07) is 19.5. The van der Waals surface area contributed by atoms with Crippen LogP contribution < -0.4 is 10.9 Å². The number of benzene rings is 3. The van der Waals surface area contributed by atoms with E-state index in [0.29, 0.717) is 15.7 Å². The number of carboxylic acid groups (broad SMARTS) is 1. The number of amides is 1. The number of hydrazine groups is 1. The molecular formula is C26H26Cl2N4O3S. The zero-order valence-corrected chi connectivity index (χ0v) is 21.9. The number of carbonyl (C=O) groups excluding carboxylic acids is 1. The zero-order chi connectivity index (χ0) is 25.7. The molecule has 188 valence electrons. The van der Waals surface area contributed by atoms with Crippen LogP contribution in [0.15, 0.2) is 60.7 Å². The van der Waals surface area contributed by atoms with Gasteiger partial charge in [0.05, 0.1) is 5.69 Å². The third-order valence-electron chi connectivity index (χ3n) is 6.06. The van der Waals surface area contributed by atoms with Gasteiger partial charge in [-0.1, -0.05) is 47.5 Å². The molecule has 1 aromatic heterocycles. The zero-order valence-electron chi connectivity index (χ0n) is 19.6. The SMILES string of the molecule is CN1CCN(C(C(=O)NNc2cc(Cl)cc(Cl)c2)c2ccc3sc4ccccc4c3c2)CC1.O=CO. The maximum Gasteiger partial charge on any atom is 0.290 e. The molecule has 1 atom stereocenters. The molecule has 2 heterocycles. The molecule has 0 bridgehead atoms. The number of nitrogens with zero attached hydrogens (tertiary/aromatic N) is 2. The summed E-state index contributed by atoms with van der Waals surface area (Å²) in [6.07, 6.45) is 0. The van der Waals surface area contributed by atoms with Gasteiger partial charge in [0, 0.05) is 56.4 Å². The van der Waals surface area contributed by atoms with E-state index < -0.39 is 6.04 Å². The number of thiophene rings is 1. The molecule has 1 aliphatic heterocycles. The molecule has 5 rings (SSSR count). The van der Waals surface area contributed by atoms with Crippen LogP contribution in [0.1, 0.15) is 11.6 Å². The van der Waals surface area contributed by atoms with Crippen LogP contribution in [0, 0.1) is 0 Å². The first-order valence-electron chi connectivity index (χ1n) is 11.3. The first kappa shape index (κ1) is 26.2. The first-order chi connectivity index (χ1) is 17.4.